The molecule has 0 aliphatic carbocycles. The fraction of sp³-hybridized carbons (Fsp3) is 0.370. The number of nitriles is 1. The highest BCUT2D eigenvalue weighted by Gasteiger charge is 2.19. The summed E-state index contributed by atoms with van der Waals surface area (Å²) < 4.78 is 6.31. The third-order valence-corrected chi connectivity index (χ3v) is 6.09. The molecule has 1 saturated heterocycles. The molecule has 160 valence electrons. The van der Waals surface area contributed by atoms with E-state index in [1.807, 2.05) is 0 Å². The molecule has 31 heavy (non-hydrogen) atoms. The van der Waals surface area contributed by atoms with Gasteiger partial charge in [0.2, 0.25) is 0 Å². The lowest BCUT2D eigenvalue weighted by Crippen LogP contribution is -2.46. The van der Waals surface area contributed by atoms with Gasteiger partial charge < -0.3 is 4.74 Å². The molecular weight excluding hydrogens is 382 g/mol. The second-order valence-electron chi connectivity index (χ2n) is 8.23. The summed E-state index contributed by atoms with van der Waals surface area (Å²) in [4.78, 5) is 4.91. The third-order valence-electron chi connectivity index (χ3n) is 6.09. The summed E-state index contributed by atoms with van der Waals surface area (Å²) in [5, 5.41) is 11.4. The Morgan fingerprint density at radius 1 is 0.839 bits per heavy atom. The molecule has 0 aromatic heterocycles. The average molecular weight is 414 g/mol. The number of hydrogen-bond acceptors (Lipinski definition) is 4. The average Bonchev–Trinajstić information content (AvgIpc) is 2.83. The van der Waals surface area contributed by atoms with Crippen LogP contribution < -0.4 is 4.74 Å². The molecule has 4 nitrogen and oxygen atoms in total. The van der Waals surface area contributed by atoms with Crippen molar-refractivity contribution in [1.82, 2.24) is 9.80 Å². The Morgan fingerprint density at radius 3 is 2.39 bits per heavy atom. The van der Waals surface area contributed by atoms with E-state index in [1.54, 1.807) is 0 Å². The van der Waals surface area contributed by atoms with E-state index in [4.69, 9.17) is 10.00 Å². The number of rotatable bonds is 9. The molecule has 0 amide bonds. The minimum absolute atomic E-state index is 0.615. The Bertz CT molecular complexity index is 1000. The second-order valence-corrected chi connectivity index (χ2v) is 8.23. The van der Waals surface area contributed by atoms with Crippen molar-refractivity contribution in [3.63, 3.8) is 0 Å². The molecule has 1 heterocycles. The first kappa shape index (κ1) is 21.4. The van der Waals surface area contributed by atoms with E-state index in [1.165, 1.54) is 21.9 Å². The molecule has 1 fully saturated rings. The summed E-state index contributed by atoms with van der Waals surface area (Å²) in [7, 11) is 0. The maximum Gasteiger partial charge on any atom is 0.124 e. The summed E-state index contributed by atoms with van der Waals surface area (Å²) in [5.74, 6) is 1.01. The van der Waals surface area contributed by atoms with Crippen LogP contribution in [0.15, 0.2) is 66.7 Å². The molecular formula is C27H31N3O. The van der Waals surface area contributed by atoms with Crippen molar-refractivity contribution >= 4 is 10.8 Å². The van der Waals surface area contributed by atoms with Crippen molar-refractivity contribution in [3.8, 4) is 11.8 Å². The Hall–Kier alpha value is -2.87. The first-order valence-corrected chi connectivity index (χ1v) is 11.3. The van der Waals surface area contributed by atoms with Crippen LogP contribution in [0.25, 0.3) is 10.8 Å². The van der Waals surface area contributed by atoms with E-state index in [9.17, 15) is 0 Å². The zero-order chi connectivity index (χ0) is 21.3. The van der Waals surface area contributed by atoms with E-state index in [0.717, 1.165) is 64.5 Å². The van der Waals surface area contributed by atoms with Crippen LogP contribution in [0.4, 0.5) is 0 Å². The quantitative estimate of drug-likeness (QED) is 0.469. The van der Waals surface area contributed by atoms with E-state index in [-0.39, 0.29) is 0 Å². The molecule has 0 bridgehead atoms. The van der Waals surface area contributed by atoms with Gasteiger partial charge in [-0.1, -0.05) is 60.7 Å². The normalized spacial score (nSPS) is 15.1. The van der Waals surface area contributed by atoms with Crippen molar-refractivity contribution in [3.05, 3.63) is 77.9 Å². The minimum Gasteiger partial charge on any atom is -0.493 e. The molecule has 3 aromatic carbocycles. The summed E-state index contributed by atoms with van der Waals surface area (Å²) >= 11 is 0. The summed E-state index contributed by atoms with van der Waals surface area (Å²) in [6.07, 6.45) is 2.66. The number of ether oxygens (including phenoxy) is 1. The highest BCUT2D eigenvalue weighted by atomic mass is 16.5. The Kier molecular flexibility index (Phi) is 7.55. The molecule has 0 saturated carbocycles. The van der Waals surface area contributed by atoms with E-state index in [2.05, 4.69) is 82.6 Å². The van der Waals surface area contributed by atoms with Crippen LogP contribution in [0.3, 0.4) is 0 Å². The maximum atomic E-state index is 8.83. The van der Waals surface area contributed by atoms with Gasteiger partial charge in [0.1, 0.15) is 5.75 Å². The van der Waals surface area contributed by atoms with E-state index >= 15 is 0 Å². The first-order valence-electron chi connectivity index (χ1n) is 11.3. The maximum absolute atomic E-state index is 8.83. The van der Waals surface area contributed by atoms with Gasteiger partial charge in [-0.25, -0.2) is 0 Å². The lowest BCUT2D eigenvalue weighted by atomic mass is 10.0. The smallest absolute Gasteiger partial charge is 0.124 e. The molecule has 4 heteroatoms. The van der Waals surface area contributed by atoms with Gasteiger partial charge in [0.15, 0.2) is 0 Å². The summed E-state index contributed by atoms with van der Waals surface area (Å²) in [6.45, 7) is 6.63. The molecule has 1 aliphatic rings. The number of hydrogen-bond donors (Lipinski definition) is 0. The molecule has 0 atom stereocenters. The van der Waals surface area contributed by atoms with Gasteiger partial charge in [0.25, 0.3) is 0 Å². The van der Waals surface area contributed by atoms with Gasteiger partial charge in [-0.15, -0.1) is 0 Å². The van der Waals surface area contributed by atoms with Crippen LogP contribution in [-0.2, 0) is 13.0 Å². The molecule has 0 unspecified atom stereocenters. The Labute approximate surface area is 185 Å². The highest BCUT2D eigenvalue weighted by Crippen LogP contribution is 2.30. The molecule has 0 radical (unpaired) electrons. The van der Waals surface area contributed by atoms with Gasteiger partial charge >= 0.3 is 0 Å². The number of nitrogens with zero attached hydrogens (tertiary/aromatic N) is 3. The van der Waals surface area contributed by atoms with E-state index in [0.29, 0.717) is 6.42 Å². The van der Waals surface area contributed by atoms with Gasteiger partial charge in [-0.3, -0.25) is 9.80 Å². The summed E-state index contributed by atoms with van der Waals surface area (Å²) in [6, 6.07) is 25.8. The van der Waals surface area contributed by atoms with Crippen LogP contribution in [0.2, 0.25) is 0 Å². The topological polar surface area (TPSA) is 39.5 Å². The monoisotopic (exact) mass is 413 g/mol. The van der Waals surface area contributed by atoms with Gasteiger partial charge in [0, 0.05) is 51.3 Å². The predicted octanol–water partition coefficient (Wildman–Crippen LogP) is 4.88. The van der Waals surface area contributed by atoms with Crippen molar-refractivity contribution < 1.29 is 4.74 Å². The molecule has 0 spiro atoms. The molecule has 3 aromatic rings. The third kappa shape index (κ3) is 5.85. The van der Waals surface area contributed by atoms with Gasteiger partial charge in [-0.2, -0.15) is 5.26 Å². The fourth-order valence-electron chi connectivity index (χ4n) is 4.32. The van der Waals surface area contributed by atoms with Gasteiger partial charge in [-0.05, 0) is 35.2 Å². The van der Waals surface area contributed by atoms with Crippen LogP contribution in [-0.4, -0.2) is 49.1 Å². The highest BCUT2D eigenvalue weighted by molar-refractivity contribution is 5.87. The number of piperazine rings is 1. The fourth-order valence-corrected chi connectivity index (χ4v) is 4.32. The standard InChI is InChI=1S/C27H31N3O/c28-15-7-16-29-17-19-30(20-18-29)22-26-25-12-5-4-11-24(25)13-14-27(26)31-21-6-10-23-8-2-1-3-9-23/h1-5,8-9,11-14H,6-7,10,16-22H2. The Balaban J connectivity index is 1.41. The minimum atomic E-state index is 0.615. The van der Waals surface area contributed by atoms with Crippen molar-refractivity contribution in [2.24, 2.45) is 0 Å². The molecule has 4 rings (SSSR count). The predicted molar refractivity (Wildman–Crippen MR) is 126 cm³/mol. The zero-order valence-corrected chi connectivity index (χ0v) is 18.2. The van der Waals surface area contributed by atoms with Crippen molar-refractivity contribution in [2.45, 2.75) is 25.8 Å². The number of benzene rings is 3. The van der Waals surface area contributed by atoms with Crippen LogP contribution in [0.1, 0.15) is 24.0 Å². The van der Waals surface area contributed by atoms with Crippen molar-refractivity contribution in [1.29, 1.82) is 5.26 Å². The lowest BCUT2D eigenvalue weighted by molar-refractivity contribution is 0.128. The zero-order valence-electron chi connectivity index (χ0n) is 18.2. The largest absolute Gasteiger partial charge is 0.493 e. The van der Waals surface area contributed by atoms with Crippen LogP contribution in [0, 0.1) is 11.3 Å². The summed E-state index contributed by atoms with van der Waals surface area (Å²) in [5.41, 5.74) is 2.65. The van der Waals surface area contributed by atoms with Crippen molar-refractivity contribution in [2.75, 3.05) is 39.3 Å². The van der Waals surface area contributed by atoms with Crippen LogP contribution >= 0.6 is 0 Å². The van der Waals surface area contributed by atoms with Crippen LogP contribution in [0.5, 0.6) is 5.75 Å². The number of fused-ring (bicyclic) bond motifs is 1. The lowest BCUT2D eigenvalue weighted by Gasteiger charge is -2.34. The number of aryl methyl sites for hydroxylation is 1. The Morgan fingerprint density at radius 2 is 1.58 bits per heavy atom. The van der Waals surface area contributed by atoms with E-state index < -0.39 is 0 Å². The molecule has 1 aliphatic heterocycles. The first-order chi connectivity index (χ1) is 15.3. The second kappa shape index (κ2) is 10.9. The SMILES string of the molecule is N#CCCN1CCN(Cc2c(OCCCc3ccccc3)ccc3ccccc23)CC1. The molecule has 0 N–H and O–H groups in total. The van der Waals surface area contributed by atoms with Gasteiger partial charge in [0.05, 0.1) is 12.7 Å².